The fourth-order valence-corrected chi connectivity index (χ4v) is 2.61. The third-order valence-electron chi connectivity index (χ3n) is 3.35. The van der Waals surface area contributed by atoms with Crippen LogP contribution in [0.4, 0.5) is 11.4 Å². The lowest BCUT2D eigenvalue weighted by Gasteiger charge is -2.24. The fraction of sp³-hybridized carbons (Fsp3) is 0.538. The van der Waals surface area contributed by atoms with E-state index in [-0.39, 0.29) is 0 Å². The fourth-order valence-electron chi connectivity index (χ4n) is 2.27. The second-order valence-electron chi connectivity index (χ2n) is 4.67. The zero-order valence-electron chi connectivity index (χ0n) is 10.3. The number of halogens is 1. The number of benzene rings is 1. The second kappa shape index (κ2) is 5.74. The molecule has 17 heavy (non-hydrogen) atoms. The molecule has 94 valence electrons. The Morgan fingerprint density at radius 2 is 2.06 bits per heavy atom. The molecule has 1 aromatic rings. The number of nitrogens with zero attached hydrogens (tertiary/aromatic N) is 2. The summed E-state index contributed by atoms with van der Waals surface area (Å²) in [4.78, 5) is 4.75. The molecule has 0 unspecified atom stereocenters. The van der Waals surface area contributed by atoms with Crippen molar-refractivity contribution in [3.8, 4) is 0 Å². The Kier molecular flexibility index (Phi) is 4.29. The Morgan fingerprint density at radius 3 is 2.76 bits per heavy atom. The highest BCUT2D eigenvalue weighted by molar-refractivity contribution is 9.10. The predicted octanol–water partition coefficient (Wildman–Crippen LogP) is 2.56. The van der Waals surface area contributed by atoms with Gasteiger partial charge in [0.25, 0.3) is 0 Å². The number of anilines is 2. The molecular formula is C13H20BrN3. The average molecular weight is 298 g/mol. The summed E-state index contributed by atoms with van der Waals surface area (Å²) in [6.45, 7) is 4.66. The number of likely N-dealkylation sites (tertiary alicyclic amines) is 1. The normalized spacial score (nSPS) is 16.4. The van der Waals surface area contributed by atoms with E-state index in [2.05, 4.69) is 38.8 Å². The molecule has 0 aliphatic carbocycles. The maximum Gasteiger partial charge on any atom is 0.0609 e. The van der Waals surface area contributed by atoms with E-state index < -0.39 is 0 Å². The largest absolute Gasteiger partial charge is 0.397 e. The van der Waals surface area contributed by atoms with E-state index in [9.17, 15) is 0 Å². The summed E-state index contributed by atoms with van der Waals surface area (Å²) >= 11 is 3.49. The standard InChI is InChI=1S/C13H20BrN3/c1-16(8-9-17-6-2-3-7-17)13-10-11(14)4-5-12(13)15/h4-5,10H,2-3,6-9,15H2,1H3. The Labute approximate surface area is 112 Å². The first-order valence-electron chi connectivity index (χ1n) is 6.15. The third-order valence-corrected chi connectivity index (χ3v) is 3.85. The number of hydrogen-bond acceptors (Lipinski definition) is 3. The van der Waals surface area contributed by atoms with Crippen molar-refractivity contribution < 1.29 is 0 Å². The minimum Gasteiger partial charge on any atom is -0.397 e. The average Bonchev–Trinajstić information content (AvgIpc) is 2.82. The van der Waals surface area contributed by atoms with E-state index >= 15 is 0 Å². The summed E-state index contributed by atoms with van der Waals surface area (Å²) in [5.74, 6) is 0. The lowest BCUT2D eigenvalue weighted by atomic mass is 10.2. The Morgan fingerprint density at radius 1 is 1.35 bits per heavy atom. The van der Waals surface area contributed by atoms with Crippen LogP contribution in [0, 0.1) is 0 Å². The lowest BCUT2D eigenvalue weighted by molar-refractivity contribution is 0.347. The van der Waals surface area contributed by atoms with Gasteiger partial charge in [0.05, 0.1) is 11.4 Å². The Balaban J connectivity index is 1.93. The summed E-state index contributed by atoms with van der Waals surface area (Å²) in [6, 6.07) is 6.01. The van der Waals surface area contributed by atoms with Gasteiger partial charge >= 0.3 is 0 Å². The van der Waals surface area contributed by atoms with Gasteiger partial charge in [0.15, 0.2) is 0 Å². The van der Waals surface area contributed by atoms with E-state index in [0.717, 1.165) is 28.9 Å². The van der Waals surface area contributed by atoms with Gasteiger partial charge in [0.1, 0.15) is 0 Å². The molecule has 0 saturated carbocycles. The van der Waals surface area contributed by atoms with E-state index in [4.69, 9.17) is 5.73 Å². The zero-order valence-corrected chi connectivity index (χ0v) is 11.9. The summed E-state index contributed by atoms with van der Waals surface area (Å²) in [5.41, 5.74) is 7.95. The van der Waals surface area contributed by atoms with Crippen molar-refractivity contribution in [1.29, 1.82) is 0 Å². The molecule has 1 aliphatic heterocycles. The van der Waals surface area contributed by atoms with Crippen molar-refractivity contribution in [2.45, 2.75) is 12.8 Å². The molecule has 0 bridgehead atoms. The van der Waals surface area contributed by atoms with Crippen LogP contribution in [0.2, 0.25) is 0 Å². The minimum absolute atomic E-state index is 0.845. The van der Waals surface area contributed by atoms with Gasteiger partial charge in [-0.3, -0.25) is 0 Å². The molecule has 1 heterocycles. The molecule has 0 radical (unpaired) electrons. The quantitative estimate of drug-likeness (QED) is 0.867. The van der Waals surface area contributed by atoms with Crippen molar-refractivity contribution in [3.63, 3.8) is 0 Å². The highest BCUT2D eigenvalue weighted by Gasteiger charge is 2.12. The first-order valence-corrected chi connectivity index (χ1v) is 6.94. The minimum atomic E-state index is 0.845. The molecule has 4 heteroatoms. The van der Waals surface area contributed by atoms with E-state index in [1.807, 2.05) is 12.1 Å². The molecule has 0 aromatic heterocycles. The molecule has 1 fully saturated rings. The number of nitrogen functional groups attached to an aromatic ring is 1. The van der Waals surface area contributed by atoms with E-state index in [0.29, 0.717) is 0 Å². The maximum atomic E-state index is 6.00. The summed E-state index contributed by atoms with van der Waals surface area (Å²) in [6.07, 6.45) is 2.70. The SMILES string of the molecule is CN(CCN1CCCC1)c1cc(Br)ccc1N. The third kappa shape index (κ3) is 3.36. The Bertz CT molecular complexity index is 375. The van der Waals surface area contributed by atoms with Gasteiger partial charge in [0.2, 0.25) is 0 Å². The van der Waals surface area contributed by atoms with Gasteiger partial charge in [-0.05, 0) is 44.1 Å². The monoisotopic (exact) mass is 297 g/mol. The van der Waals surface area contributed by atoms with Gasteiger partial charge in [-0.25, -0.2) is 0 Å². The van der Waals surface area contributed by atoms with Crippen LogP contribution in [-0.2, 0) is 0 Å². The summed E-state index contributed by atoms with van der Waals surface area (Å²) < 4.78 is 1.08. The van der Waals surface area contributed by atoms with Crippen LogP contribution >= 0.6 is 15.9 Å². The van der Waals surface area contributed by atoms with E-state index in [1.165, 1.54) is 25.9 Å². The lowest BCUT2D eigenvalue weighted by Crippen LogP contribution is -2.31. The Hall–Kier alpha value is -0.740. The molecule has 3 nitrogen and oxygen atoms in total. The van der Waals surface area contributed by atoms with Crippen LogP contribution in [0.3, 0.4) is 0 Å². The molecule has 0 amide bonds. The molecule has 2 N–H and O–H groups in total. The molecule has 1 aromatic carbocycles. The van der Waals surface area contributed by atoms with Gasteiger partial charge in [-0.2, -0.15) is 0 Å². The number of hydrogen-bond donors (Lipinski definition) is 1. The molecule has 0 spiro atoms. The van der Waals surface area contributed by atoms with E-state index in [1.54, 1.807) is 0 Å². The predicted molar refractivity (Wildman–Crippen MR) is 77.5 cm³/mol. The molecular weight excluding hydrogens is 278 g/mol. The highest BCUT2D eigenvalue weighted by atomic mass is 79.9. The van der Waals surface area contributed by atoms with Crippen LogP contribution in [0.1, 0.15) is 12.8 Å². The van der Waals surface area contributed by atoms with Crippen molar-refractivity contribution in [2.24, 2.45) is 0 Å². The second-order valence-corrected chi connectivity index (χ2v) is 5.59. The first kappa shape index (κ1) is 12.7. The van der Waals surface area contributed by atoms with Crippen molar-refractivity contribution in [2.75, 3.05) is 43.9 Å². The summed E-state index contributed by atoms with van der Waals surface area (Å²) in [7, 11) is 2.11. The van der Waals surface area contributed by atoms with Gasteiger partial charge in [-0.15, -0.1) is 0 Å². The van der Waals surface area contributed by atoms with Crippen molar-refractivity contribution in [3.05, 3.63) is 22.7 Å². The van der Waals surface area contributed by atoms with Gasteiger partial charge in [0, 0.05) is 24.6 Å². The summed E-state index contributed by atoms with van der Waals surface area (Å²) in [5, 5.41) is 0. The van der Waals surface area contributed by atoms with Crippen LogP contribution in [0.5, 0.6) is 0 Å². The topological polar surface area (TPSA) is 32.5 Å². The zero-order chi connectivity index (χ0) is 12.3. The molecule has 0 atom stereocenters. The first-order chi connectivity index (χ1) is 8.16. The van der Waals surface area contributed by atoms with Crippen molar-refractivity contribution >= 4 is 27.3 Å². The molecule has 1 saturated heterocycles. The molecule has 1 aliphatic rings. The van der Waals surface area contributed by atoms with Crippen molar-refractivity contribution in [1.82, 2.24) is 4.90 Å². The van der Waals surface area contributed by atoms with Gasteiger partial charge < -0.3 is 15.5 Å². The van der Waals surface area contributed by atoms with Crippen LogP contribution < -0.4 is 10.6 Å². The van der Waals surface area contributed by atoms with Crippen LogP contribution in [-0.4, -0.2) is 38.1 Å². The van der Waals surface area contributed by atoms with Crippen LogP contribution in [0.25, 0.3) is 0 Å². The van der Waals surface area contributed by atoms with Crippen LogP contribution in [0.15, 0.2) is 22.7 Å². The highest BCUT2D eigenvalue weighted by Crippen LogP contribution is 2.26. The number of likely N-dealkylation sites (N-methyl/N-ethyl adjacent to an activating group) is 1. The van der Waals surface area contributed by atoms with Gasteiger partial charge in [-0.1, -0.05) is 15.9 Å². The molecule has 2 rings (SSSR count). The number of rotatable bonds is 4. The number of nitrogens with two attached hydrogens (primary N) is 1. The maximum absolute atomic E-state index is 6.00. The smallest absolute Gasteiger partial charge is 0.0609 e.